The predicted molar refractivity (Wildman–Crippen MR) is 115 cm³/mol. The molecule has 174 valence electrons. The average Bonchev–Trinajstić information content (AvgIpc) is 3.27. The quantitative estimate of drug-likeness (QED) is 0.566. The van der Waals surface area contributed by atoms with Crippen LogP contribution >= 0.6 is 0 Å². The maximum absolute atomic E-state index is 13.2. The SMILES string of the molecule is COC(=O)[C@@H]1C[C@]2(C#N)CC(=O)CC[C@]2(C)C2C1C1CC[C@@]3(CCC(=O)O3)[C@@]1(C)C[C@H]2C. The zero-order valence-corrected chi connectivity index (χ0v) is 19.7. The Balaban J connectivity index is 1.64. The molecule has 5 rings (SSSR count). The molecule has 0 amide bonds. The number of nitrogens with zero attached hydrogens (tertiary/aromatic N) is 1. The molecule has 1 spiro atoms. The summed E-state index contributed by atoms with van der Waals surface area (Å²) in [6.07, 6.45) is 5.80. The number of esters is 2. The fourth-order valence-corrected chi connectivity index (χ4v) is 9.67. The molecule has 5 aliphatic rings. The molecule has 0 radical (unpaired) electrons. The number of rotatable bonds is 1. The van der Waals surface area contributed by atoms with Crippen LogP contribution in [0.4, 0.5) is 0 Å². The Morgan fingerprint density at radius 3 is 2.50 bits per heavy atom. The van der Waals surface area contributed by atoms with Crippen molar-refractivity contribution in [2.24, 2.45) is 45.8 Å². The second kappa shape index (κ2) is 6.81. The lowest BCUT2D eigenvalue weighted by molar-refractivity contribution is -0.213. The fourth-order valence-electron chi connectivity index (χ4n) is 9.67. The third kappa shape index (κ3) is 2.49. The van der Waals surface area contributed by atoms with Gasteiger partial charge >= 0.3 is 11.9 Å². The Hall–Kier alpha value is -1.90. The van der Waals surface area contributed by atoms with Gasteiger partial charge in [-0.25, -0.2) is 0 Å². The molecular weight excluding hydrogens is 406 g/mol. The van der Waals surface area contributed by atoms with Crippen molar-refractivity contribution >= 4 is 17.7 Å². The van der Waals surface area contributed by atoms with Crippen molar-refractivity contribution in [1.82, 2.24) is 0 Å². The molecule has 4 saturated carbocycles. The van der Waals surface area contributed by atoms with Crippen molar-refractivity contribution in [3.63, 3.8) is 0 Å². The van der Waals surface area contributed by atoms with E-state index in [0.29, 0.717) is 25.7 Å². The summed E-state index contributed by atoms with van der Waals surface area (Å²) in [5.41, 5.74) is -1.74. The normalized spacial score (nSPS) is 51.9. The van der Waals surface area contributed by atoms with Crippen LogP contribution in [-0.2, 0) is 23.9 Å². The van der Waals surface area contributed by atoms with Crippen LogP contribution in [0.2, 0.25) is 0 Å². The van der Waals surface area contributed by atoms with Crippen molar-refractivity contribution in [2.75, 3.05) is 7.11 Å². The highest BCUT2D eigenvalue weighted by Gasteiger charge is 2.73. The first-order valence-electron chi connectivity index (χ1n) is 12.3. The number of fused-ring (bicyclic) bond motifs is 6. The van der Waals surface area contributed by atoms with Crippen LogP contribution in [0.5, 0.6) is 0 Å². The average molecular weight is 442 g/mol. The van der Waals surface area contributed by atoms with Gasteiger partial charge in [0.15, 0.2) is 0 Å². The van der Waals surface area contributed by atoms with Crippen LogP contribution in [0.3, 0.4) is 0 Å². The highest BCUT2D eigenvalue weighted by molar-refractivity contribution is 5.81. The number of ether oxygens (including phenoxy) is 2. The van der Waals surface area contributed by atoms with Crippen LogP contribution < -0.4 is 0 Å². The molecular formula is C26H35NO5. The number of Topliss-reactive ketones (excluding diaryl/α,β-unsaturated/α-hetero) is 1. The van der Waals surface area contributed by atoms with Gasteiger partial charge in [0.1, 0.15) is 11.4 Å². The number of hydrogen-bond donors (Lipinski definition) is 0. The molecule has 1 aliphatic heterocycles. The van der Waals surface area contributed by atoms with Gasteiger partial charge in [-0.15, -0.1) is 0 Å². The number of methoxy groups -OCH3 is 1. The standard InChI is InChI=1S/C26H35NO5/c1-15-11-24(3)18(6-9-26(24)10-7-19(29)32-26)20-17(22(30)31-4)13-25(14-27)12-16(28)5-8-23(25,2)21(15)20/h15,17-18,20-21H,5-13H2,1-4H3/t15-,17-,18?,20?,21?,23-,24+,25+,26-/m1/s1. The minimum absolute atomic E-state index is 0.0783. The highest BCUT2D eigenvalue weighted by atomic mass is 16.6. The first kappa shape index (κ1) is 21.9. The second-order valence-corrected chi connectivity index (χ2v) is 12.0. The molecule has 6 heteroatoms. The molecule has 0 bridgehead atoms. The van der Waals surface area contributed by atoms with E-state index in [1.54, 1.807) is 0 Å². The van der Waals surface area contributed by atoms with Crippen molar-refractivity contribution in [3.8, 4) is 6.07 Å². The Morgan fingerprint density at radius 1 is 1.12 bits per heavy atom. The molecule has 0 aromatic heterocycles. The van der Waals surface area contributed by atoms with E-state index >= 15 is 0 Å². The van der Waals surface area contributed by atoms with E-state index in [9.17, 15) is 19.6 Å². The highest BCUT2D eigenvalue weighted by Crippen LogP contribution is 2.74. The third-order valence-electron chi connectivity index (χ3n) is 11.0. The van der Waals surface area contributed by atoms with E-state index in [2.05, 4.69) is 26.8 Å². The summed E-state index contributed by atoms with van der Waals surface area (Å²) in [5.74, 6) is 0.123. The number of carbonyl (C=O) groups is 3. The molecule has 0 N–H and O–H groups in total. The lowest BCUT2D eigenvalue weighted by Gasteiger charge is -2.66. The number of ketones is 1. The van der Waals surface area contributed by atoms with E-state index in [1.165, 1.54) is 7.11 Å². The van der Waals surface area contributed by atoms with E-state index in [0.717, 1.165) is 25.7 Å². The summed E-state index contributed by atoms with van der Waals surface area (Å²) in [7, 11) is 1.43. The monoisotopic (exact) mass is 441 g/mol. The zero-order valence-electron chi connectivity index (χ0n) is 19.7. The van der Waals surface area contributed by atoms with Gasteiger partial charge in [-0.1, -0.05) is 20.8 Å². The van der Waals surface area contributed by atoms with Crippen LogP contribution in [0.1, 0.15) is 78.6 Å². The molecule has 32 heavy (non-hydrogen) atoms. The van der Waals surface area contributed by atoms with Crippen molar-refractivity contribution in [3.05, 3.63) is 0 Å². The first-order chi connectivity index (χ1) is 15.1. The second-order valence-electron chi connectivity index (χ2n) is 12.0. The summed E-state index contributed by atoms with van der Waals surface area (Å²) < 4.78 is 11.4. The Kier molecular flexibility index (Phi) is 4.66. The fraction of sp³-hybridized carbons (Fsp3) is 0.846. The number of nitriles is 1. The minimum Gasteiger partial charge on any atom is -0.469 e. The third-order valence-corrected chi connectivity index (χ3v) is 11.0. The maximum Gasteiger partial charge on any atom is 0.309 e. The molecule has 5 fully saturated rings. The molecule has 3 unspecified atom stereocenters. The molecule has 0 aromatic carbocycles. The largest absolute Gasteiger partial charge is 0.469 e. The van der Waals surface area contributed by atoms with Crippen LogP contribution in [0.25, 0.3) is 0 Å². The Bertz CT molecular complexity index is 924. The van der Waals surface area contributed by atoms with Gasteiger partial charge in [0.25, 0.3) is 0 Å². The van der Waals surface area contributed by atoms with Gasteiger partial charge in [0.05, 0.1) is 24.5 Å². The summed E-state index contributed by atoms with van der Waals surface area (Å²) in [6, 6.07) is 2.58. The first-order valence-corrected chi connectivity index (χ1v) is 12.3. The van der Waals surface area contributed by atoms with E-state index < -0.39 is 16.9 Å². The molecule has 1 heterocycles. The van der Waals surface area contributed by atoms with Crippen molar-refractivity contribution < 1.29 is 23.9 Å². The predicted octanol–water partition coefficient (Wildman–Crippen LogP) is 4.21. The molecule has 9 atom stereocenters. The summed E-state index contributed by atoms with van der Waals surface area (Å²) >= 11 is 0. The Morgan fingerprint density at radius 2 is 1.88 bits per heavy atom. The maximum atomic E-state index is 13.2. The van der Waals surface area contributed by atoms with Gasteiger partial charge < -0.3 is 9.47 Å². The molecule has 0 aromatic rings. The molecule has 1 saturated heterocycles. The van der Waals surface area contributed by atoms with E-state index in [-0.39, 0.29) is 58.6 Å². The van der Waals surface area contributed by atoms with E-state index in [4.69, 9.17) is 9.47 Å². The topological polar surface area (TPSA) is 93.5 Å². The molecule has 6 nitrogen and oxygen atoms in total. The summed E-state index contributed by atoms with van der Waals surface area (Å²) in [6.45, 7) is 6.75. The zero-order chi connectivity index (χ0) is 23.1. The van der Waals surface area contributed by atoms with Gasteiger partial charge in [0.2, 0.25) is 0 Å². The van der Waals surface area contributed by atoms with Crippen LogP contribution in [0, 0.1) is 57.2 Å². The van der Waals surface area contributed by atoms with E-state index in [1.807, 2.05) is 0 Å². The smallest absolute Gasteiger partial charge is 0.309 e. The summed E-state index contributed by atoms with van der Waals surface area (Å²) in [4.78, 5) is 37.9. The Labute approximate surface area is 190 Å². The van der Waals surface area contributed by atoms with Gasteiger partial charge in [-0.05, 0) is 67.6 Å². The number of hydrogen-bond acceptors (Lipinski definition) is 6. The van der Waals surface area contributed by atoms with Crippen LogP contribution in [-0.4, -0.2) is 30.4 Å². The van der Waals surface area contributed by atoms with Gasteiger partial charge in [-0.2, -0.15) is 5.26 Å². The van der Waals surface area contributed by atoms with Gasteiger partial charge in [-0.3, -0.25) is 14.4 Å². The summed E-state index contributed by atoms with van der Waals surface area (Å²) in [5, 5.41) is 10.4. The number of carbonyl (C=O) groups excluding carboxylic acids is 3. The molecule has 4 aliphatic carbocycles. The van der Waals surface area contributed by atoms with Crippen molar-refractivity contribution in [2.45, 2.75) is 84.2 Å². The lowest BCUT2D eigenvalue weighted by Crippen LogP contribution is -2.65. The van der Waals surface area contributed by atoms with Crippen molar-refractivity contribution in [1.29, 1.82) is 5.26 Å². The van der Waals surface area contributed by atoms with Gasteiger partial charge in [0, 0.05) is 24.7 Å². The minimum atomic E-state index is -0.819. The lowest BCUT2D eigenvalue weighted by atomic mass is 9.36. The van der Waals surface area contributed by atoms with Crippen LogP contribution in [0.15, 0.2) is 0 Å².